The van der Waals surface area contributed by atoms with E-state index in [2.05, 4.69) is 35.3 Å². The van der Waals surface area contributed by atoms with Crippen LogP contribution in [-0.4, -0.2) is 35.2 Å². The Morgan fingerprint density at radius 1 is 1.23 bits per heavy atom. The molecule has 0 aliphatic heterocycles. The van der Waals surface area contributed by atoms with Crippen LogP contribution in [0.2, 0.25) is 5.02 Å². The Kier molecular flexibility index (Phi) is 4.85. The Bertz CT molecular complexity index is 1410. The summed E-state index contributed by atoms with van der Waals surface area (Å²) in [5.41, 5.74) is 3.47. The second-order valence-corrected chi connectivity index (χ2v) is 7.81. The van der Waals surface area contributed by atoms with E-state index in [4.69, 9.17) is 11.6 Å². The van der Waals surface area contributed by atoms with Gasteiger partial charge in [0.15, 0.2) is 5.82 Å². The van der Waals surface area contributed by atoms with Gasteiger partial charge in [-0.2, -0.15) is 19.6 Å². The summed E-state index contributed by atoms with van der Waals surface area (Å²) < 4.78 is 5.95. The highest BCUT2D eigenvalue weighted by Gasteiger charge is 2.13. The van der Waals surface area contributed by atoms with Crippen LogP contribution in [0, 0.1) is 0 Å². The molecule has 0 unspecified atom stereocenters. The lowest BCUT2D eigenvalue weighted by atomic mass is 10.2. The van der Waals surface area contributed by atoms with E-state index >= 15 is 0 Å². The first-order chi connectivity index (χ1) is 15.1. The number of nitrogens with zero attached hydrogens (tertiary/aromatic N) is 5. The van der Waals surface area contributed by atoms with Gasteiger partial charge in [-0.3, -0.25) is 14.6 Å². The molecule has 0 aliphatic carbocycles. The minimum atomic E-state index is -0.241. The summed E-state index contributed by atoms with van der Waals surface area (Å²) in [6, 6.07) is 12.8. The van der Waals surface area contributed by atoms with E-state index in [1.54, 1.807) is 25.5 Å². The number of anilines is 3. The Hall–Kier alpha value is -3.76. The van der Waals surface area contributed by atoms with Crippen LogP contribution in [0.4, 0.5) is 16.5 Å². The Morgan fingerprint density at radius 2 is 2.13 bits per heavy atom. The van der Waals surface area contributed by atoms with E-state index < -0.39 is 0 Å². The Balaban J connectivity index is 1.36. The van der Waals surface area contributed by atoms with Gasteiger partial charge < -0.3 is 10.6 Å². The summed E-state index contributed by atoms with van der Waals surface area (Å²) >= 11 is 7.69. The summed E-state index contributed by atoms with van der Waals surface area (Å²) in [5, 5.41) is 19.0. The molecule has 0 saturated carbocycles. The van der Waals surface area contributed by atoms with Crippen molar-refractivity contribution in [3.63, 3.8) is 0 Å². The maximum atomic E-state index is 12.4. The number of aryl methyl sites for hydroxylation is 1. The molecule has 5 rings (SSSR count). The van der Waals surface area contributed by atoms with Crippen LogP contribution in [0.1, 0.15) is 10.5 Å². The first-order valence-electron chi connectivity index (χ1n) is 9.20. The molecule has 3 aromatic heterocycles. The zero-order chi connectivity index (χ0) is 21.4. The van der Waals surface area contributed by atoms with Gasteiger partial charge in [0.2, 0.25) is 5.13 Å². The molecule has 2 aromatic carbocycles. The van der Waals surface area contributed by atoms with Crippen molar-refractivity contribution < 1.29 is 4.79 Å². The third-order valence-electron chi connectivity index (χ3n) is 4.66. The number of aromatic nitrogens is 6. The molecule has 0 spiro atoms. The number of H-pyrrole nitrogens is 1. The van der Waals surface area contributed by atoms with Gasteiger partial charge in [0, 0.05) is 41.4 Å². The van der Waals surface area contributed by atoms with Crippen LogP contribution >= 0.6 is 23.1 Å². The second kappa shape index (κ2) is 7.82. The lowest BCUT2D eigenvalue weighted by Crippen LogP contribution is -2.16. The lowest BCUT2D eigenvalue weighted by molar-refractivity contribution is 0.101. The number of aromatic amines is 1. The van der Waals surface area contributed by atoms with Crippen LogP contribution in [0.15, 0.2) is 54.9 Å². The number of fused-ring (bicyclic) bond motifs is 1. The predicted octanol–water partition coefficient (Wildman–Crippen LogP) is 4.46. The number of nitrogens with one attached hydrogen (secondary N) is 3. The molecule has 0 aliphatic rings. The summed E-state index contributed by atoms with van der Waals surface area (Å²) in [6.07, 6.45) is 3.26. The number of benzene rings is 2. The number of carbonyl (C=O) groups excluding carboxylic acids is 1. The summed E-state index contributed by atoms with van der Waals surface area (Å²) in [6.45, 7) is 0. The monoisotopic (exact) mass is 450 g/mol. The number of rotatable bonds is 5. The van der Waals surface area contributed by atoms with Gasteiger partial charge in [-0.15, -0.1) is 0 Å². The van der Waals surface area contributed by atoms with Gasteiger partial charge in [-0.25, -0.2) is 0 Å². The fraction of sp³-hybridized carbons (Fsp3) is 0.0500. The van der Waals surface area contributed by atoms with Crippen molar-refractivity contribution in [1.82, 2.24) is 29.3 Å². The van der Waals surface area contributed by atoms with Gasteiger partial charge in [-0.05, 0) is 30.3 Å². The van der Waals surface area contributed by atoms with E-state index in [0.717, 1.165) is 22.2 Å². The third kappa shape index (κ3) is 3.74. The van der Waals surface area contributed by atoms with Crippen LogP contribution in [-0.2, 0) is 7.05 Å². The minimum absolute atomic E-state index is 0.241. The van der Waals surface area contributed by atoms with Crippen molar-refractivity contribution in [3.05, 3.63) is 65.6 Å². The van der Waals surface area contributed by atoms with Gasteiger partial charge in [0.25, 0.3) is 5.91 Å². The fourth-order valence-electron chi connectivity index (χ4n) is 3.11. The average Bonchev–Trinajstić information content (AvgIpc) is 3.51. The molecule has 0 bridgehead atoms. The zero-order valence-electron chi connectivity index (χ0n) is 16.1. The molecule has 0 radical (unpaired) electrons. The zero-order valence-corrected chi connectivity index (χ0v) is 17.7. The quantitative estimate of drug-likeness (QED) is 0.364. The van der Waals surface area contributed by atoms with Crippen molar-refractivity contribution in [2.24, 2.45) is 7.05 Å². The number of hydrogen-bond donors (Lipinski definition) is 3. The van der Waals surface area contributed by atoms with Crippen molar-refractivity contribution in [2.75, 3.05) is 10.6 Å². The molecule has 3 heterocycles. The Labute approximate surface area is 185 Å². The van der Waals surface area contributed by atoms with Crippen molar-refractivity contribution in [2.45, 2.75) is 0 Å². The standard InChI is InChI=1S/C20H15ClN8OS/c1-29-16(7-8-23-29)19(30)24-12-4-2-3-11(9-12)18-26-20(31-28-18)25-15-6-5-14-13(17(15)21)10-22-27-14/h2-10H,1H3,(H,22,27)(H,24,30)(H,25,26,28). The van der Waals surface area contributed by atoms with E-state index in [0.29, 0.717) is 27.4 Å². The molecule has 154 valence electrons. The molecular formula is C20H15ClN8OS. The Morgan fingerprint density at radius 3 is 2.97 bits per heavy atom. The molecule has 0 saturated heterocycles. The average molecular weight is 451 g/mol. The van der Waals surface area contributed by atoms with E-state index in [1.165, 1.54) is 16.2 Å². The normalized spacial score (nSPS) is 11.0. The summed E-state index contributed by atoms with van der Waals surface area (Å²) in [5.74, 6) is 0.305. The first-order valence-corrected chi connectivity index (χ1v) is 10.4. The highest BCUT2D eigenvalue weighted by molar-refractivity contribution is 7.10. The lowest BCUT2D eigenvalue weighted by Gasteiger charge is -2.06. The van der Waals surface area contributed by atoms with Crippen LogP contribution in [0.25, 0.3) is 22.3 Å². The molecule has 3 N–H and O–H groups in total. The highest BCUT2D eigenvalue weighted by Crippen LogP contribution is 2.33. The predicted molar refractivity (Wildman–Crippen MR) is 121 cm³/mol. The molecule has 31 heavy (non-hydrogen) atoms. The highest BCUT2D eigenvalue weighted by atomic mass is 35.5. The number of carbonyl (C=O) groups is 1. The van der Waals surface area contributed by atoms with Gasteiger partial charge in [-0.1, -0.05) is 23.7 Å². The second-order valence-electron chi connectivity index (χ2n) is 6.68. The van der Waals surface area contributed by atoms with Gasteiger partial charge in [0.1, 0.15) is 5.69 Å². The maximum absolute atomic E-state index is 12.4. The van der Waals surface area contributed by atoms with Crippen LogP contribution in [0.3, 0.4) is 0 Å². The number of halogens is 1. The van der Waals surface area contributed by atoms with Crippen LogP contribution in [0.5, 0.6) is 0 Å². The fourth-order valence-corrected chi connectivity index (χ4v) is 3.98. The smallest absolute Gasteiger partial charge is 0.273 e. The topological polar surface area (TPSA) is 113 Å². The number of amides is 1. The third-order valence-corrected chi connectivity index (χ3v) is 5.70. The van der Waals surface area contributed by atoms with Crippen molar-refractivity contribution >= 4 is 56.4 Å². The molecule has 0 atom stereocenters. The van der Waals surface area contributed by atoms with Crippen molar-refractivity contribution in [3.8, 4) is 11.4 Å². The SMILES string of the molecule is Cn1nccc1C(=O)Nc1cccc(-c2nsc(Nc3ccc4[nH]ncc4c3Cl)n2)c1. The molecule has 11 heteroatoms. The van der Waals surface area contributed by atoms with E-state index in [-0.39, 0.29) is 5.91 Å². The molecule has 5 aromatic rings. The molecule has 9 nitrogen and oxygen atoms in total. The maximum Gasteiger partial charge on any atom is 0.273 e. The number of hydrogen-bond acceptors (Lipinski definition) is 7. The first kappa shape index (κ1) is 19.2. The summed E-state index contributed by atoms with van der Waals surface area (Å²) in [7, 11) is 1.72. The largest absolute Gasteiger partial charge is 0.329 e. The van der Waals surface area contributed by atoms with E-state index in [1.807, 2.05) is 36.4 Å². The van der Waals surface area contributed by atoms with E-state index in [9.17, 15) is 4.79 Å². The summed E-state index contributed by atoms with van der Waals surface area (Å²) in [4.78, 5) is 17.0. The van der Waals surface area contributed by atoms with Gasteiger partial charge >= 0.3 is 0 Å². The molecule has 0 fully saturated rings. The minimum Gasteiger partial charge on any atom is -0.329 e. The van der Waals surface area contributed by atoms with Crippen molar-refractivity contribution in [1.29, 1.82) is 0 Å². The molecular weight excluding hydrogens is 436 g/mol. The van der Waals surface area contributed by atoms with Gasteiger partial charge in [0.05, 0.1) is 22.4 Å². The molecule has 1 amide bonds. The van der Waals surface area contributed by atoms with Crippen LogP contribution < -0.4 is 10.6 Å².